The smallest absolute Gasteiger partial charge is 0.332 e. The van der Waals surface area contributed by atoms with Crippen LogP contribution < -0.4 is 17.0 Å². The van der Waals surface area contributed by atoms with Gasteiger partial charge in [-0.3, -0.25) is 18.7 Å². The Hall–Kier alpha value is -1.90. The summed E-state index contributed by atoms with van der Waals surface area (Å²) in [5.74, 6) is 0.134. The van der Waals surface area contributed by atoms with E-state index in [0.29, 0.717) is 24.6 Å². The Labute approximate surface area is 162 Å². The highest BCUT2D eigenvalue weighted by atomic mass is 35.5. The summed E-state index contributed by atoms with van der Waals surface area (Å²) in [6.45, 7) is 3.15. The predicted molar refractivity (Wildman–Crippen MR) is 104 cm³/mol. The van der Waals surface area contributed by atoms with E-state index in [1.165, 1.54) is 23.9 Å². The van der Waals surface area contributed by atoms with Crippen molar-refractivity contribution in [2.75, 3.05) is 13.1 Å². The summed E-state index contributed by atoms with van der Waals surface area (Å²) in [5, 5.41) is 0.257. The maximum atomic E-state index is 12.8. The quantitative estimate of drug-likeness (QED) is 0.775. The van der Waals surface area contributed by atoms with Crippen LogP contribution in [-0.2, 0) is 14.1 Å². The van der Waals surface area contributed by atoms with Gasteiger partial charge in [0.25, 0.3) is 11.5 Å². The second-order valence-electron chi connectivity index (χ2n) is 6.44. The third kappa shape index (κ3) is 3.49. The van der Waals surface area contributed by atoms with Gasteiger partial charge in [0, 0.05) is 32.9 Å². The van der Waals surface area contributed by atoms with E-state index in [2.05, 4.69) is 4.98 Å². The highest BCUT2D eigenvalue weighted by molar-refractivity contribution is 5.97. The van der Waals surface area contributed by atoms with Crippen LogP contribution in [-0.4, -0.2) is 44.1 Å². The molecule has 2 aromatic rings. The van der Waals surface area contributed by atoms with E-state index in [1.54, 1.807) is 11.9 Å². The highest BCUT2D eigenvalue weighted by Crippen LogP contribution is 2.24. The van der Waals surface area contributed by atoms with Crippen LogP contribution in [0.5, 0.6) is 0 Å². The van der Waals surface area contributed by atoms with Crippen molar-refractivity contribution in [3.05, 3.63) is 38.7 Å². The topological polar surface area (TPSA) is 103 Å². The van der Waals surface area contributed by atoms with E-state index in [9.17, 15) is 14.4 Å². The van der Waals surface area contributed by atoms with Crippen molar-refractivity contribution in [2.45, 2.75) is 19.4 Å². The largest absolute Gasteiger partial charge is 0.336 e. The number of amides is 1. The molecule has 3 rings (SSSR count). The number of nitrogens with zero attached hydrogens (tertiary/aromatic N) is 4. The lowest BCUT2D eigenvalue weighted by molar-refractivity contribution is 0.0743. The molecular formula is C16H23Cl2N5O3. The molecule has 2 unspecified atom stereocenters. The Balaban J connectivity index is 0.00000169. The molecule has 1 amide bonds. The van der Waals surface area contributed by atoms with Gasteiger partial charge in [-0.2, -0.15) is 0 Å². The molecule has 0 aliphatic carbocycles. The molecule has 1 aliphatic heterocycles. The standard InChI is InChI=1S/C16H21N5O3.2ClH/c1-9-4-10(6-17)8-21(9)14(22)11-5-12-13(18-7-11)19(2)16(24)20(3)15(12)23;;/h5,7,9-10H,4,6,8,17H2,1-3H3;2*1H. The maximum absolute atomic E-state index is 12.8. The molecule has 2 atom stereocenters. The van der Waals surface area contributed by atoms with Crippen molar-refractivity contribution < 1.29 is 4.79 Å². The molecule has 0 saturated carbocycles. The number of nitrogens with two attached hydrogens (primary N) is 1. The van der Waals surface area contributed by atoms with E-state index in [4.69, 9.17) is 5.73 Å². The minimum atomic E-state index is -0.454. The van der Waals surface area contributed by atoms with Gasteiger partial charge in [-0.05, 0) is 31.9 Å². The molecule has 0 aromatic carbocycles. The molecule has 1 aliphatic rings. The van der Waals surface area contributed by atoms with Crippen molar-refractivity contribution in [3.8, 4) is 0 Å². The number of carbonyl (C=O) groups is 1. The van der Waals surface area contributed by atoms with Crippen LogP contribution in [0.1, 0.15) is 23.7 Å². The molecule has 0 bridgehead atoms. The average Bonchev–Trinajstić information content (AvgIpc) is 2.97. The van der Waals surface area contributed by atoms with Crippen LogP contribution in [0.15, 0.2) is 21.9 Å². The number of halogens is 2. The van der Waals surface area contributed by atoms with Crippen LogP contribution in [0.3, 0.4) is 0 Å². The molecule has 10 heteroatoms. The van der Waals surface area contributed by atoms with Crippen molar-refractivity contribution >= 4 is 41.8 Å². The normalized spacial score (nSPS) is 19.2. The summed E-state index contributed by atoms with van der Waals surface area (Å²) in [4.78, 5) is 43.0. The van der Waals surface area contributed by atoms with E-state index in [-0.39, 0.29) is 47.8 Å². The number of aryl methyl sites for hydroxylation is 1. The van der Waals surface area contributed by atoms with Gasteiger partial charge in [0.1, 0.15) is 5.65 Å². The average molecular weight is 404 g/mol. The minimum Gasteiger partial charge on any atom is -0.336 e. The first-order valence-corrected chi connectivity index (χ1v) is 7.92. The highest BCUT2D eigenvalue weighted by Gasteiger charge is 2.32. The number of carbonyl (C=O) groups excluding carboxylic acids is 1. The fourth-order valence-electron chi connectivity index (χ4n) is 3.34. The number of hydrogen-bond acceptors (Lipinski definition) is 5. The fraction of sp³-hybridized carbons (Fsp3) is 0.500. The molecule has 2 aromatic heterocycles. The Morgan fingerprint density at radius 1 is 1.27 bits per heavy atom. The summed E-state index contributed by atoms with van der Waals surface area (Å²) in [7, 11) is 2.96. The Morgan fingerprint density at radius 3 is 2.50 bits per heavy atom. The monoisotopic (exact) mass is 403 g/mol. The first-order chi connectivity index (χ1) is 11.3. The minimum absolute atomic E-state index is 0. The van der Waals surface area contributed by atoms with Crippen molar-refractivity contribution in [1.29, 1.82) is 0 Å². The number of likely N-dealkylation sites (tertiary alicyclic amines) is 1. The summed E-state index contributed by atoms with van der Waals surface area (Å²) in [6, 6.07) is 1.62. The van der Waals surface area contributed by atoms with E-state index in [1.807, 2.05) is 6.92 Å². The molecule has 0 spiro atoms. The Morgan fingerprint density at radius 2 is 1.92 bits per heavy atom. The van der Waals surface area contributed by atoms with Crippen molar-refractivity contribution in [3.63, 3.8) is 0 Å². The van der Waals surface area contributed by atoms with Crippen LogP contribution in [0.25, 0.3) is 11.0 Å². The lowest BCUT2D eigenvalue weighted by atomic mass is 10.1. The maximum Gasteiger partial charge on any atom is 0.332 e. The third-order valence-electron chi connectivity index (χ3n) is 4.80. The van der Waals surface area contributed by atoms with Crippen LogP contribution in [0, 0.1) is 5.92 Å². The zero-order chi connectivity index (χ0) is 17.6. The van der Waals surface area contributed by atoms with Gasteiger partial charge in [0.15, 0.2) is 0 Å². The second-order valence-corrected chi connectivity index (χ2v) is 6.44. The van der Waals surface area contributed by atoms with Crippen molar-refractivity contribution in [2.24, 2.45) is 25.7 Å². The first kappa shape index (κ1) is 22.1. The van der Waals surface area contributed by atoms with Crippen LogP contribution in [0.4, 0.5) is 0 Å². The van der Waals surface area contributed by atoms with Gasteiger partial charge < -0.3 is 10.6 Å². The summed E-state index contributed by atoms with van der Waals surface area (Å²) in [5.41, 5.74) is 5.43. The zero-order valence-corrected chi connectivity index (χ0v) is 16.5. The number of pyridine rings is 1. The van der Waals surface area contributed by atoms with Crippen molar-refractivity contribution in [1.82, 2.24) is 19.0 Å². The molecular weight excluding hydrogens is 381 g/mol. The van der Waals surface area contributed by atoms with E-state index >= 15 is 0 Å². The number of fused-ring (bicyclic) bond motifs is 1. The molecule has 0 radical (unpaired) electrons. The molecule has 26 heavy (non-hydrogen) atoms. The number of aromatic nitrogens is 3. The summed E-state index contributed by atoms with van der Waals surface area (Å²) < 4.78 is 2.31. The predicted octanol–water partition coefficient (Wildman–Crippen LogP) is 0.285. The molecule has 1 fully saturated rings. The third-order valence-corrected chi connectivity index (χ3v) is 4.80. The SMILES string of the molecule is CC1CC(CN)CN1C(=O)c1cnc2c(c1)c(=O)n(C)c(=O)n2C.Cl.Cl. The lowest BCUT2D eigenvalue weighted by Crippen LogP contribution is -2.38. The van der Waals surface area contributed by atoms with Crippen LogP contribution >= 0.6 is 24.8 Å². The van der Waals surface area contributed by atoms with Gasteiger partial charge in [-0.1, -0.05) is 0 Å². The summed E-state index contributed by atoms with van der Waals surface area (Å²) >= 11 is 0. The Bertz CT molecular complexity index is 940. The number of hydrogen-bond donors (Lipinski definition) is 1. The zero-order valence-electron chi connectivity index (χ0n) is 14.8. The van der Waals surface area contributed by atoms with Gasteiger partial charge in [0.05, 0.1) is 10.9 Å². The fourth-order valence-corrected chi connectivity index (χ4v) is 3.34. The molecule has 3 heterocycles. The van der Waals surface area contributed by atoms with Gasteiger partial charge in [-0.15, -0.1) is 24.8 Å². The van der Waals surface area contributed by atoms with Gasteiger partial charge in [0.2, 0.25) is 0 Å². The van der Waals surface area contributed by atoms with Gasteiger partial charge >= 0.3 is 5.69 Å². The van der Waals surface area contributed by atoms with Gasteiger partial charge in [-0.25, -0.2) is 9.78 Å². The first-order valence-electron chi connectivity index (χ1n) is 7.92. The molecule has 1 saturated heterocycles. The van der Waals surface area contributed by atoms with E-state index in [0.717, 1.165) is 11.0 Å². The van der Waals surface area contributed by atoms with Crippen LogP contribution in [0.2, 0.25) is 0 Å². The Kier molecular flexibility index (Phi) is 6.98. The number of rotatable bonds is 2. The van der Waals surface area contributed by atoms with E-state index < -0.39 is 11.2 Å². The molecule has 8 nitrogen and oxygen atoms in total. The summed E-state index contributed by atoms with van der Waals surface area (Å²) in [6.07, 6.45) is 2.30. The lowest BCUT2D eigenvalue weighted by Gasteiger charge is -2.21. The molecule has 144 valence electrons. The molecule has 2 N–H and O–H groups in total. The second kappa shape index (κ2) is 8.20.